The van der Waals surface area contributed by atoms with Crippen molar-refractivity contribution in [3.63, 3.8) is 0 Å². The summed E-state index contributed by atoms with van der Waals surface area (Å²) in [6, 6.07) is 9.68. The Morgan fingerprint density at radius 2 is 2.00 bits per heavy atom. The molecule has 2 aromatic heterocycles. The minimum atomic E-state index is -0.695. The highest BCUT2D eigenvalue weighted by atomic mass is 19.1. The molecule has 11 heteroatoms. The van der Waals surface area contributed by atoms with Crippen LogP contribution in [0.5, 0.6) is 11.8 Å². The maximum absolute atomic E-state index is 14.9. The molecule has 1 aliphatic rings. The summed E-state index contributed by atoms with van der Waals surface area (Å²) in [5.41, 5.74) is 1.83. The summed E-state index contributed by atoms with van der Waals surface area (Å²) in [6.45, 7) is 5.11. The lowest BCUT2D eigenvalue weighted by Crippen LogP contribution is -2.48. The van der Waals surface area contributed by atoms with Crippen LogP contribution in [-0.4, -0.2) is 75.3 Å². The normalized spacial score (nSPS) is 17.9. The Hall–Kier alpha value is -4.12. The molecule has 186 valence electrons. The highest BCUT2D eigenvalue weighted by Gasteiger charge is 2.27. The lowest BCUT2D eigenvalue weighted by molar-refractivity contribution is 0.0336. The number of carbonyl (C=O) groups is 1. The van der Waals surface area contributed by atoms with E-state index in [9.17, 15) is 9.18 Å². The Labute approximate surface area is 207 Å². The molecule has 2 aromatic carbocycles. The molecule has 0 radical (unpaired) electrons. The third kappa shape index (κ3) is 4.69. The molecule has 0 bridgehead atoms. The Bertz CT molecular complexity index is 1420. The van der Waals surface area contributed by atoms with Gasteiger partial charge in [0.15, 0.2) is 17.4 Å². The summed E-state index contributed by atoms with van der Waals surface area (Å²) in [5, 5.41) is 7.89. The maximum atomic E-state index is 14.9. The monoisotopic (exact) mass is 491 g/mol. The Morgan fingerprint density at radius 1 is 1.17 bits per heavy atom. The predicted octanol–water partition coefficient (Wildman–Crippen LogP) is 3.66. The molecule has 1 saturated heterocycles. The molecule has 1 amide bonds. The van der Waals surface area contributed by atoms with Crippen LogP contribution in [0.4, 0.5) is 10.3 Å². The second kappa shape index (κ2) is 9.50. The molecule has 0 spiro atoms. The van der Waals surface area contributed by atoms with Crippen molar-refractivity contribution >= 4 is 22.8 Å². The van der Waals surface area contributed by atoms with Crippen molar-refractivity contribution in [2.24, 2.45) is 0 Å². The second-order valence-corrected chi connectivity index (χ2v) is 9.01. The maximum Gasteiger partial charge on any atom is 0.327 e. The SMILES string of the molecule is CC1CN(c2nc(Oc3ccc(C(=O)N(C)C)cc3F)nc(-c3ccc4[nH]ncc4c3)n2)[C@@H](C)CO1. The van der Waals surface area contributed by atoms with Gasteiger partial charge in [0, 0.05) is 37.2 Å². The van der Waals surface area contributed by atoms with Gasteiger partial charge >= 0.3 is 6.01 Å². The van der Waals surface area contributed by atoms with Crippen LogP contribution in [0.15, 0.2) is 42.6 Å². The molecular formula is C25H26FN7O3. The number of aromatic amines is 1. The molecule has 4 aromatic rings. The first kappa shape index (κ1) is 23.6. The van der Waals surface area contributed by atoms with E-state index in [4.69, 9.17) is 14.5 Å². The molecule has 1 aliphatic heterocycles. The molecule has 10 nitrogen and oxygen atoms in total. The molecular weight excluding hydrogens is 465 g/mol. The number of rotatable bonds is 5. The van der Waals surface area contributed by atoms with Crippen molar-refractivity contribution < 1.29 is 18.7 Å². The molecule has 3 heterocycles. The van der Waals surface area contributed by atoms with E-state index in [1.807, 2.05) is 36.9 Å². The third-order valence-corrected chi connectivity index (χ3v) is 5.95. The zero-order valence-corrected chi connectivity index (χ0v) is 20.4. The number of morpholine rings is 1. The van der Waals surface area contributed by atoms with Gasteiger partial charge in [-0.2, -0.15) is 20.1 Å². The van der Waals surface area contributed by atoms with Gasteiger partial charge in [0.2, 0.25) is 5.95 Å². The highest BCUT2D eigenvalue weighted by Crippen LogP contribution is 2.29. The number of carbonyl (C=O) groups excluding carboxylic acids is 1. The number of aromatic nitrogens is 5. The fraction of sp³-hybridized carbons (Fsp3) is 0.320. The summed E-state index contributed by atoms with van der Waals surface area (Å²) in [6.07, 6.45) is 1.71. The van der Waals surface area contributed by atoms with Crippen LogP contribution >= 0.6 is 0 Å². The molecule has 36 heavy (non-hydrogen) atoms. The van der Waals surface area contributed by atoms with E-state index in [1.165, 1.54) is 17.0 Å². The van der Waals surface area contributed by atoms with Crippen LogP contribution in [0.25, 0.3) is 22.3 Å². The van der Waals surface area contributed by atoms with E-state index in [-0.39, 0.29) is 35.4 Å². The van der Waals surface area contributed by atoms with Gasteiger partial charge in [-0.25, -0.2) is 4.39 Å². The lowest BCUT2D eigenvalue weighted by Gasteiger charge is -2.36. The van der Waals surface area contributed by atoms with Crippen molar-refractivity contribution in [3.05, 3.63) is 54.0 Å². The number of ether oxygens (including phenoxy) is 2. The molecule has 1 unspecified atom stereocenters. The van der Waals surface area contributed by atoms with Gasteiger partial charge in [-0.05, 0) is 50.2 Å². The van der Waals surface area contributed by atoms with E-state index in [0.717, 1.165) is 22.5 Å². The van der Waals surface area contributed by atoms with Gasteiger partial charge in [0.05, 0.1) is 30.5 Å². The molecule has 1 fully saturated rings. The van der Waals surface area contributed by atoms with E-state index in [0.29, 0.717) is 24.9 Å². The molecule has 2 atom stereocenters. The summed E-state index contributed by atoms with van der Waals surface area (Å²) in [5.74, 6) is -0.314. The van der Waals surface area contributed by atoms with Crippen molar-refractivity contribution in [2.75, 3.05) is 32.1 Å². The first-order chi connectivity index (χ1) is 17.3. The number of hydrogen-bond acceptors (Lipinski definition) is 8. The van der Waals surface area contributed by atoms with Gasteiger partial charge in [0.25, 0.3) is 5.91 Å². The third-order valence-electron chi connectivity index (χ3n) is 5.95. The summed E-state index contributed by atoms with van der Waals surface area (Å²) in [4.78, 5) is 29.3. The van der Waals surface area contributed by atoms with Gasteiger partial charge < -0.3 is 19.3 Å². The smallest absolute Gasteiger partial charge is 0.327 e. The topological polar surface area (TPSA) is 109 Å². The van der Waals surface area contributed by atoms with Crippen LogP contribution < -0.4 is 9.64 Å². The highest BCUT2D eigenvalue weighted by molar-refractivity contribution is 5.94. The minimum Gasteiger partial charge on any atom is -0.421 e. The molecule has 0 saturated carbocycles. The minimum absolute atomic E-state index is 0.00714. The largest absolute Gasteiger partial charge is 0.421 e. The fourth-order valence-electron chi connectivity index (χ4n) is 3.99. The zero-order chi connectivity index (χ0) is 25.4. The number of nitrogens with one attached hydrogen (secondary N) is 1. The van der Waals surface area contributed by atoms with Crippen molar-refractivity contribution in [3.8, 4) is 23.1 Å². The van der Waals surface area contributed by atoms with Crippen LogP contribution in [0.3, 0.4) is 0 Å². The number of fused-ring (bicyclic) bond motifs is 1. The van der Waals surface area contributed by atoms with Gasteiger partial charge in [0.1, 0.15) is 0 Å². The van der Waals surface area contributed by atoms with Crippen LogP contribution in [-0.2, 0) is 4.74 Å². The van der Waals surface area contributed by atoms with Crippen LogP contribution in [0.1, 0.15) is 24.2 Å². The predicted molar refractivity (Wildman–Crippen MR) is 132 cm³/mol. The number of anilines is 1. The van der Waals surface area contributed by atoms with Crippen LogP contribution in [0.2, 0.25) is 0 Å². The fourth-order valence-corrected chi connectivity index (χ4v) is 3.99. The van der Waals surface area contributed by atoms with Gasteiger partial charge in [-0.3, -0.25) is 9.89 Å². The molecule has 1 N–H and O–H groups in total. The average Bonchev–Trinajstić information content (AvgIpc) is 3.34. The van der Waals surface area contributed by atoms with E-state index in [1.54, 1.807) is 20.3 Å². The van der Waals surface area contributed by atoms with Crippen molar-refractivity contribution in [1.29, 1.82) is 0 Å². The number of H-pyrrole nitrogens is 1. The van der Waals surface area contributed by atoms with Crippen molar-refractivity contribution in [2.45, 2.75) is 26.0 Å². The number of nitrogens with zero attached hydrogens (tertiary/aromatic N) is 6. The van der Waals surface area contributed by atoms with E-state index >= 15 is 0 Å². The number of halogens is 1. The molecule has 0 aliphatic carbocycles. The van der Waals surface area contributed by atoms with E-state index in [2.05, 4.69) is 20.2 Å². The number of amides is 1. The quantitative estimate of drug-likeness (QED) is 0.451. The van der Waals surface area contributed by atoms with E-state index < -0.39 is 5.82 Å². The average molecular weight is 492 g/mol. The Balaban J connectivity index is 1.55. The first-order valence-corrected chi connectivity index (χ1v) is 11.6. The van der Waals surface area contributed by atoms with Crippen LogP contribution in [0, 0.1) is 5.82 Å². The van der Waals surface area contributed by atoms with Gasteiger partial charge in [-0.1, -0.05) is 0 Å². The summed E-state index contributed by atoms with van der Waals surface area (Å²) >= 11 is 0. The first-order valence-electron chi connectivity index (χ1n) is 11.6. The molecule has 5 rings (SSSR count). The Kier molecular flexibility index (Phi) is 6.23. The van der Waals surface area contributed by atoms with Crippen molar-refractivity contribution in [1.82, 2.24) is 30.0 Å². The standard InChI is InChI=1S/C25H26FN7O3/c1-14-13-35-15(2)12-33(14)24-28-22(16-5-7-20-18(9-16)11-27-31-20)29-25(30-24)36-21-8-6-17(10-19(21)26)23(34)32(3)4/h5-11,14-15H,12-13H2,1-4H3,(H,27,31)/t14-,15?/m0/s1. The zero-order valence-electron chi connectivity index (χ0n) is 20.4. The van der Waals surface area contributed by atoms with Gasteiger partial charge in [-0.15, -0.1) is 0 Å². The summed E-state index contributed by atoms with van der Waals surface area (Å²) < 4.78 is 26.4. The Morgan fingerprint density at radius 3 is 2.78 bits per heavy atom. The lowest BCUT2D eigenvalue weighted by atomic mass is 10.1. The second-order valence-electron chi connectivity index (χ2n) is 9.01. The summed E-state index contributed by atoms with van der Waals surface area (Å²) in [7, 11) is 3.21. The number of hydrogen-bond donors (Lipinski definition) is 1. The number of benzene rings is 2.